The first-order chi connectivity index (χ1) is 9.16. The third-order valence-corrected chi connectivity index (χ3v) is 3.95. The molecule has 1 amide bonds. The van der Waals surface area contributed by atoms with Gasteiger partial charge in [0.25, 0.3) is 0 Å². The highest BCUT2D eigenvalue weighted by Gasteiger charge is 2.20. The number of piperidine rings is 1. The number of nitrogens with zero attached hydrogens (tertiary/aromatic N) is 1. The smallest absolute Gasteiger partial charge is 0.222 e. The number of carbonyl (C=O) groups is 1. The number of carbonyl (C=O) groups excluding carboxylic acids is 1. The second-order valence-corrected chi connectivity index (χ2v) is 5.53. The average Bonchev–Trinajstić information content (AvgIpc) is 2.46. The molecular formula is C16H23NO2. The summed E-state index contributed by atoms with van der Waals surface area (Å²) in [6, 6.07) is 9.55. The Morgan fingerprint density at radius 3 is 2.58 bits per heavy atom. The summed E-state index contributed by atoms with van der Waals surface area (Å²) in [5.41, 5.74) is 0.891. The Labute approximate surface area is 115 Å². The third-order valence-electron chi connectivity index (χ3n) is 3.95. The van der Waals surface area contributed by atoms with Gasteiger partial charge in [-0.25, -0.2) is 0 Å². The van der Waals surface area contributed by atoms with Gasteiger partial charge < -0.3 is 10.0 Å². The molecule has 19 heavy (non-hydrogen) atoms. The minimum atomic E-state index is -0.533. The Hall–Kier alpha value is -1.35. The molecule has 1 heterocycles. The Bertz CT molecular complexity index is 396. The summed E-state index contributed by atoms with van der Waals surface area (Å²) in [6.07, 6.45) is 2.62. The summed E-state index contributed by atoms with van der Waals surface area (Å²) < 4.78 is 0. The van der Waals surface area contributed by atoms with Crippen LogP contribution < -0.4 is 0 Å². The van der Waals surface area contributed by atoms with E-state index in [0.717, 1.165) is 37.4 Å². The van der Waals surface area contributed by atoms with Gasteiger partial charge in [-0.3, -0.25) is 4.79 Å². The first-order valence-electron chi connectivity index (χ1n) is 7.17. The number of aliphatic hydroxyl groups is 1. The lowest BCUT2D eigenvalue weighted by atomic mass is 9.98. The van der Waals surface area contributed by atoms with Crippen molar-refractivity contribution >= 4 is 5.91 Å². The summed E-state index contributed by atoms with van der Waals surface area (Å²) in [7, 11) is 0. The first-order valence-corrected chi connectivity index (χ1v) is 7.17. The van der Waals surface area contributed by atoms with E-state index in [1.54, 1.807) is 0 Å². The fourth-order valence-corrected chi connectivity index (χ4v) is 2.52. The Morgan fingerprint density at radius 2 is 1.95 bits per heavy atom. The van der Waals surface area contributed by atoms with Crippen LogP contribution in [-0.4, -0.2) is 29.0 Å². The lowest BCUT2D eigenvalue weighted by Crippen LogP contribution is -2.37. The lowest BCUT2D eigenvalue weighted by Gasteiger charge is -2.30. The number of rotatable bonds is 4. The number of aliphatic hydroxyl groups excluding tert-OH is 1. The molecular weight excluding hydrogens is 238 g/mol. The van der Waals surface area contributed by atoms with Crippen molar-refractivity contribution in [3.63, 3.8) is 0 Å². The molecule has 1 aliphatic rings. The van der Waals surface area contributed by atoms with Gasteiger partial charge in [-0.2, -0.15) is 0 Å². The quantitative estimate of drug-likeness (QED) is 0.905. The van der Waals surface area contributed by atoms with Crippen molar-refractivity contribution < 1.29 is 9.90 Å². The fraction of sp³-hybridized carbons (Fsp3) is 0.562. The average molecular weight is 261 g/mol. The number of benzene rings is 1. The highest BCUT2D eigenvalue weighted by atomic mass is 16.3. The molecule has 1 aromatic rings. The number of amides is 1. The predicted molar refractivity (Wildman–Crippen MR) is 75.6 cm³/mol. The van der Waals surface area contributed by atoms with Crippen molar-refractivity contribution in [3.05, 3.63) is 35.9 Å². The van der Waals surface area contributed by atoms with Crippen molar-refractivity contribution in [2.75, 3.05) is 13.1 Å². The van der Waals surface area contributed by atoms with Gasteiger partial charge >= 0.3 is 0 Å². The van der Waals surface area contributed by atoms with E-state index < -0.39 is 6.10 Å². The van der Waals surface area contributed by atoms with Gasteiger partial charge in [-0.1, -0.05) is 37.3 Å². The SMILES string of the molecule is CC1CCN(C(=O)CCC(O)c2ccccc2)CC1. The van der Waals surface area contributed by atoms with Crippen LogP contribution in [0.5, 0.6) is 0 Å². The van der Waals surface area contributed by atoms with Crippen LogP contribution in [0.25, 0.3) is 0 Å². The molecule has 2 rings (SSSR count). The van der Waals surface area contributed by atoms with E-state index >= 15 is 0 Å². The monoisotopic (exact) mass is 261 g/mol. The maximum Gasteiger partial charge on any atom is 0.222 e. The van der Waals surface area contributed by atoms with Crippen molar-refractivity contribution in [2.24, 2.45) is 5.92 Å². The molecule has 1 saturated heterocycles. The second-order valence-electron chi connectivity index (χ2n) is 5.53. The number of hydrogen-bond acceptors (Lipinski definition) is 2. The molecule has 0 radical (unpaired) electrons. The topological polar surface area (TPSA) is 40.5 Å². The van der Waals surface area contributed by atoms with Crippen LogP contribution >= 0.6 is 0 Å². The number of likely N-dealkylation sites (tertiary alicyclic amines) is 1. The minimum absolute atomic E-state index is 0.182. The molecule has 0 bridgehead atoms. The lowest BCUT2D eigenvalue weighted by molar-refractivity contribution is -0.133. The molecule has 1 aromatic carbocycles. The minimum Gasteiger partial charge on any atom is -0.388 e. The van der Waals surface area contributed by atoms with E-state index in [4.69, 9.17) is 0 Å². The summed E-state index contributed by atoms with van der Waals surface area (Å²) in [4.78, 5) is 14.0. The molecule has 0 aromatic heterocycles. The zero-order valence-electron chi connectivity index (χ0n) is 11.6. The standard InChI is InChI=1S/C16H23NO2/c1-13-9-11-17(12-10-13)16(19)8-7-15(18)14-5-3-2-4-6-14/h2-6,13,15,18H,7-12H2,1H3. The van der Waals surface area contributed by atoms with Crippen LogP contribution in [0.15, 0.2) is 30.3 Å². The van der Waals surface area contributed by atoms with Gasteiger partial charge in [0.1, 0.15) is 0 Å². The van der Waals surface area contributed by atoms with E-state index in [1.165, 1.54) is 0 Å². The first kappa shape index (κ1) is 14.1. The highest BCUT2D eigenvalue weighted by Crippen LogP contribution is 2.20. The molecule has 3 heteroatoms. The summed E-state index contributed by atoms with van der Waals surface area (Å²) in [6.45, 7) is 3.99. The van der Waals surface area contributed by atoms with Gasteiger partial charge in [-0.15, -0.1) is 0 Å². The van der Waals surface area contributed by atoms with E-state index in [2.05, 4.69) is 6.92 Å². The van der Waals surface area contributed by atoms with Crippen LogP contribution in [0.1, 0.15) is 44.3 Å². The number of hydrogen-bond donors (Lipinski definition) is 1. The van der Waals surface area contributed by atoms with Crippen molar-refractivity contribution in [2.45, 2.75) is 38.7 Å². The zero-order chi connectivity index (χ0) is 13.7. The Kier molecular flexibility index (Phi) is 4.97. The maximum atomic E-state index is 12.1. The van der Waals surface area contributed by atoms with Gasteiger partial charge in [-0.05, 0) is 30.7 Å². The van der Waals surface area contributed by atoms with Crippen molar-refractivity contribution in [1.29, 1.82) is 0 Å². The van der Waals surface area contributed by atoms with Gasteiger partial charge in [0, 0.05) is 19.5 Å². The van der Waals surface area contributed by atoms with Crippen LogP contribution in [0.2, 0.25) is 0 Å². The van der Waals surface area contributed by atoms with Crippen LogP contribution in [0.4, 0.5) is 0 Å². The van der Waals surface area contributed by atoms with Crippen LogP contribution in [0, 0.1) is 5.92 Å². The molecule has 1 N–H and O–H groups in total. The normalized spacial score (nSPS) is 18.3. The maximum absolute atomic E-state index is 12.1. The molecule has 1 atom stereocenters. The van der Waals surface area contributed by atoms with Crippen LogP contribution in [0.3, 0.4) is 0 Å². The summed E-state index contributed by atoms with van der Waals surface area (Å²) >= 11 is 0. The molecule has 1 aliphatic heterocycles. The van der Waals surface area contributed by atoms with Gasteiger partial charge in [0.2, 0.25) is 5.91 Å². The van der Waals surface area contributed by atoms with E-state index in [-0.39, 0.29) is 5.91 Å². The Balaban J connectivity index is 1.77. The van der Waals surface area contributed by atoms with Crippen molar-refractivity contribution in [3.8, 4) is 0 Å². The molecule has 0 saturated carbocycles. The molecule has 1 unspecified atom stereocenters. The second kappa shape index (κ2) is 6.71. The fourth-order valence-electron chi connectivity index (χ4n) is 2.52. The van der Waals surface area contributed by atoms with Crippen molar-refractivity contribution in [1.82, 2.24) is 4.90 Å². The van der Waals surface area contributed by atoms with E-state index in [0.29, 0.717) is 12.8 Å². The zero-order valence-corrected chi connectivity index (χ0v) is 11.6. The van der Waals surface area contributed by atoms with E-state index in [1.807, 2.05) is 35.2 Å². The molecule has 1 fully saturated rings. The molecule has 0 spiro atoms. The van der Waals surface area contributed by atoms with Gasteiger partial charge in [0.15, 0.2) is 0 Å². The summed E-state index contributed by atoms with van der Waals surface area (Å²) in [5.74, 6) is 0.917. The van der Waals surface area contributed by atoms with E-state index in [9.17, 15) is 9.90 Å². The molecule has 0 aliphatic carbocycles. The largest absolute Gasteiger partial charge is 0.388 e. The summed E-state index contributed by atoms with van der Waals surface area (Å²) in [5, 5.41) is 10.0. The molecule has 104 valence electrons. The molecule has 3 nitrogen and oxygen atoms in total. The predicted octanol–water partition coefficient (Wildman–Crippen LogP) is 2.76. The Morgan fingerprint density at radius 1 is 1.32 bits per heavy atom. The van der Waals surface area contributed by atoms with Crippen LogP contribution in [-0.2, 0) is 4.79 Å². The highest BCUT2D eigenvalue weighted by molar-refractivity contribution is 5.76. The van der Waals surface area contributed by atoms with Gasteiger partial charge in [0.05, 0.1) is 6.10 Å². The third kappa shape index (κ3) is 4.06.